The van der Waals surface area contributed by atoms with E-state index in [1.54, 1.807) is 7.05 Å². The second-order valence-electron chi connectivity index (χ2n) is 3.93. The Morgan fingerprint density at radius 2 is 1.79 bits per heavy atom. The van der Waals surface area contributed by atoms with Gasteiger partial charge in [-0.05, 0) is 0 Å². The van der Waals surface area contributed by atoms with Crippen LogP contribution >= 0.6 is 0 Å². The highest BCUT2D eigenvalue weighted by Gasteiger charge is 2.50. The topological polar surface area (TPSA) is 60.9 Å². The number of nitrogens with zero attached hydrogens (tertiary/aromatic N) is 2. The summed E-state index contributed by atoms with van der Waals surface area (Å²) in [6.45, 7) is 1.86. The number of carbonyl (C=O) groups is 2. The molecule has 5 heteroatoms. The third-order valence-electron chi connectivity index (χ3n) is 3.11. The van der Waals surface area contributed by atoms with Gasteiger partial charge < -0.3 is 5.11 Å². The second-order valence-corrected chi connectivity index (χ2v) is 3.93. The monoisotopic (exact) mass is 198 g/mol. The number of amides is 2. The van der Waals surface area contributed by atoms with Crippen LogP contribution in [-0.4, -0.2) is 60.0 Å². The lowest BCUT2D eigenvalue weighted by Gasteiger charge is -2.16. The molecule has 2 aliphatic rings. The molecule has 5 nitrogen and oxygen atoms in total. The van der Waals surface area contributed by atoms with Gasteiger partial charge in [0.1, 0.15) is 0 Å². The largest absolute Gasteiger partial charge is 0.395 e. The lowest BCUT2D eigenvalue weighted by molar-refractivity contribution is -0.138. The van der Waals surface area contributed by atoms with Crippen LogP contribution in [0.4, 0.5) is 0 Å². The van der Waals surface area contributed by atoms with Crippen molar-refractivity contribution >= 4 is 11.8 Å². The third kappa shape index (κ3) is 1.24. The number of hydrogen-bond donors (Lipinski definition) is 1. The van der Waals surface area contributed by atoms with Crippen LogP contribution in [0.25, 0.3) is 0 Å². The number of rotatable bonds is 2. The molecule has 0 aromatic rings. The first-order chi connectivity index (χ1) is 6.65. The number of β-amino-alcohol motifs (C(OH)–C–C–N with tert-alkyl or cyclic N) is 1. The van der Waals surface area contributed by atoms with Crippen LogP contribution in [0.2, 0.25) is 0 Å². The molecule has 0 unspecified atom stereocenters. The van der Waals surface area contributed by atoms with Crippen molar-refractivity contribution in [3.8, 4) is 0 Å². The Morgan fingerprint density at radius 3 is 2.21 bits per heavy atom. The third-order valence-corrected chi connectivity index (χ3v) is 3.11. The molecule has 2 aliphatic heterocycles. The minimum absolute atomic E-state index is 0.0690. The summed E-state index contributed by atoms with van der Waals surface area (Å²) in [7, 11) is 1.54. The maximum Gasteiger partial charge on any atom is 0.234 e. The average molecular weight is 198 g/mol. The van der Waals surface area contributed by atoms with Crippen molar-refractivity contribution in [2.24, 2.45) is 11.8 Å². The molecule has 0 saturated carbocycles. The smallest absolute Gasteiger partial charge is 0.234 e. The van der Waals surface area contributed by atoms with E-state index in [4.69, 9.17) is 5.11 Å². The van der Waals surface area contributed by atoms with Crippen molar-refractivity contribution in [2.45, 2.75) is 0 Å². The lowest BCUT2D eigenvalue weighted by Crippen LogP contribution is -2.34. The maximum absolute atomic E-state index is 11.6. The lowest BCUT2D eigenvalue weighted by atomic mass is 10.00. The van der Waals surface area contributed by atoms with Crippen molar-refractivity contribution in [3.05, 3.63) is 0 Å². The highest BCUT2D eigenvalue weighted by molar-refractivity contribution is 6.05. The molecule has 2 rings (SSSR count). The minimum atomic E-state index is -0.168. The van der Waals surface area contributed by atoms with Gasteiger partial charge in [-0.2, -0.15) is 0 Å². The van der Waals surface area contributed by atoms with E-state index in [2.05, 4.69) is 0 Å². The molecule has 0 bridgehead atoms. The molecule has 0 spiro atoms. The number of carbonyl (C=O) groups excluding carboxylic acids is 2. The molecule has 14 heavy (non-hydrogen) atoms. The Kier molecular flexibility index (Phi) is 2.28. The van der Waals surface area contributed by atoms with Gasteiger partial charge in [0.2, 0.25) is 11.8 Å². The van der Waals surface area contributed by atoms with E-state index in [-0.39, 0.29) is 30.3 Å². The van der Waals surface area contributed by atoms with Gasteiger partial charge in [0.05, 0.1) is 18.4 Å². The highest BCUT2D eigenvalue weighted by Crippen LogP contribution is 2.31. The predicted molar refractivity (Wildman–Crippen MR) is 48.3 cm³/mol. The predicted octanol–water partition coefficient (Wildman–Crippen LogP) is -1.47. The number of aliphatic hydroxyl groups is 1. The molecule has 0 aromatic heterocycles. The van der Waals surface area contributed by atoms with Gasteiger partial charge in [0.25, 0.3) is 0 Å². The number of likely N-dealkylation sites (tertiary alicyclic amines) is 2. The Morgan fingerprint density at radius 1 is 1.29 bits per heavy atom. The van der Waals surface area contributed by atoms with Gasteiger partial charge in [0, 0.05) is 26.7 Å². The normalized spacial score (nSPS) is 32.9. The van der Waals surface area contributed by atoms with Crippen LogP contribution in [0.5, 0.6) is 0 Å². The minimum Gasteiger partial charge on any atom is -0.395 e. The first kappa shape index (κ1) is 9.61. The standard InChI is InChI=1S/C9H14N2O3/c1-10-8(13)6-4-11(2-3-12)5-7(6)9(10)14/h6-7,12H,2-5H2,1H3/t6-,7+. The molecule has 1 N–H and O–H groups in total. The van der Waals surface area contributed by atoms with E-state index >= 15 is 0 Å². The van der Waals surface area contributed by atoms with Crippen LogP contribution in [0.15, 0.2) is 0 Å². The van der Waals surface area contributed by atoms with Crippen LogP contribution in [0.1, 0.15) is 0 Å². The molecular weight excluding hydrogens is 184 g/mol. The molecule has 78 valence electrons. The molecule has 0 radical (unpaired) electrons. The fourth-order valence-corrected chi connectivity index (χ4v) is 2.32. The van der Waals surface area contributed by atoms with Crippen LogP contribution in [0.3, 0.4) is 0 Å². The molecule has 2 heterocycles. The van der Waals surface area contributed by atoms with Gasteiger partial charge in [-0.3, -0.25) is 19.4 Å². The molecule has 2 fully saturated rings. The summed E-state index contributed by atoms with van der Waals surface area (Å²) in [5.74, 6) is -0.473. The molecule has 0 aliphatic carbocycles. The quantitative estimate of drug-likeness (QED) is 0.550. The molecule has 2 amide bonds. The summed E-state index contributed by atoms with van der Waals surface area (Å²) in [5.41, 5.74) is 0. The Hall–Kier alpha value is -0.940. The van der Waals surface area contributed by atoms with Crippen LogP contribution in [-0.2, 0) is 9.59 Å². The van der Waals surface area contributed by atoms with Gasteiger partial charge >= 0.3 is 0 Å². The number of fused-ring (bicyclic) bond motifs is 1. The SMILES string of the molecule is CN1C(=O)[C@H]2CN(CCO)C[C@H]2C1=O. The molecule has 2 saturated heterocycles. The van der Waals surface area contributed by atoms with Gasteiger partial charge in [-0.1, -0.05) is 0 Å². The first-order valence-electron chi connectivity index (χ1n) is 4.79. The van der Waals surface area contributed by atoms with E-state index in [0.717, 1.165) is 0 Å². The van der Waals surface area contributed by atoms with Gasteiger partial charge in [0.15, 0.2) is 0 Å². The van der Waals surface area contributed by atoms with Crippen molar-refractivity contribution in [1.29, 1.82) is 0 Å². The van der Waals surface area contributed by atoms with E-state index < -0.39 is 0 Å². The first-order valence-corrected chi connectivity index (χ1v) is 4.79. The fourth-order valence-electron chi connectivity index (χ4n) is 2.32. The van der Waals surface area contributed by atoms with E-state index in [1.807, 2.05) is 4.90 Å². The van der Waals surface area contributed by atoms with Crippen molar-refractivity contribution in [3.63, 3.8) is 0 Å². The zero-order valence-electron chi connectivity index (χ0n) is 8.14. The number of aliphatic hydroxyl groups excluding tert-OH is 1. The fraction of sp³-hybridized carbons (Fsp3) is 0.778. The van der Waals surface area contributed by atoms with Crippen LogP contribution < -0.4 is 0 Å². The second kappa shape index (κ2) is 3.33. The zero-order valence-corrected chi connectivity index (χ0v) is 8.14. The molecular formula is C9H14N2O3. The van der Waals surface area contributed by atoms with E-state index in [0.29, 0.717) is 19.6 Å². The summed E-state index contributed by atoms with van der Waals surface area (Å²) < 4.78 is 0. The van der Waals surface area contributed by atoms with Gasteiger partial charge in [-0.15, -0.1) is 0 Å². The molecule has 0 aromatic carbocycles. The zero-order chi connectivity index (χ0) is 10.3. The summed E-state index contributed by atoms with van der Waals surface area (Å²) in [4.78, 5) is 26.3. The molecule has 2 atom stereocenters. The summed E-state index contributed by atoms with van der Waals surface area (Å²) in [6, 6.07) is 0. The van der Waals surface area contributed by atoms with Crippen LogP contribution in [0, 0.1) is 11.8 Å². The average Bonchev–Trinajstić information content (AvgIpc) is 2.65. The van der Waals surface area contributed by atoms with Crippen molar-refractivity contribution < 1.29 is 14.7 Å². The Bertz CT molecular complexity index is 255. The summed E-state index contributed by atoms with van der Waals surface area (Å²) >= 11 is 0. The van der Waals surface area contributed by atoms with Gasteiger partial charge in [-0.25, -0.2) is 0 Å². The number of hydrogen-bond acceptors (Lipinski definition) is 4. The Balaban J connectivity index is 2.09. The summed E-state index contributed by atoms with van der Waals surface area (Å²) in [6.07, 6.45) is 0. The Labute approximate surface area is 82.3 Å². The highest BCUT2D eigenvalue weighted by atomic mass is 16.3. The summed E-state index contributed by atoms with van der Waals surface area (Å²) in [5, 5.41) is 8.75. The van der Waals surface area contributed by atoms with E-state index in [9.17, 15) is 9.59 Å². The van der Waals surface area contributed by atoms with Crippen molar-refractivity contribution in [1.82, 2.24) is 9.80 Å². The van der Waals surface area contributed by atoms with E-state index in [1.165, 1.54) is 4.90 Å². The van der Waals surface area contributed by atoms with Crippen molar-refractivity contribution in [2.75, 3.05) is 33.3 Å². The maximum atomic E-state index is 11.6. The number of imide groups is 1.